The Hall–Kier alpha value is -0.770. The Kier molecular flexibility index (Phi) is 5.08. The van der Waals surface area contributed by atoms with E-state index in [0.717, 1.165) is 0 Å². The SMILES string of the molecule is CC(C)[C@@H](NC(=O)OC(C)(C)C)[C@@H](C)O. The monoisotopic (exact) mass is 217 g/mol. The lowest BCUT2D eigenvalue weighted by Gasteiger charge is -2.27. The lowest BCUT2D eigenvalue weighted by Crippen LogP contribution is -2.47. The lowest BCUT2D eigenvalue weighted by molar-refractivity contribution is 0.0398. The van der Waals surface area contributed by atoms with E-state index in [1.54, 1.807) is 27.7 Å². The molecule has 2 atom stereocenters. The van der Waals surface area contributed by atoms with E-state index in [9.17, 15) is 9.90 Å². The molecule has 0 saturated carbocycles. The Labute approximate surface area is 92.0 Å². The van der Waals surface area contributed by atoms with Gasteiger partial charge in [0.1, 0.15) is 5.60 Å². The van der Waals surface area contributed by atoms with Gasteiger partial charge in [-0.05, 0) is 33.6 Å². The van der Waals surface area contributed by atoms with Crippen LogP contribution in [0.4, 0.5) is 4.79 Å². The molecule has 0 aromatic carbocycles. The molecule has 0 saturated heterocycles. The molecule has 90 valence electrons. The first-order chi connectivity index (χ1) is 6.63. The number of aliphatic hydroxyl groups excluding tert-OH is 1. The van der Waals surface area contributed by atoms with Crippen LogP contribution in [0.15, 0.2) is 0 Å². The van der Waals surface area contributed by atoms with Gasteiger partial charge in [-0.2, -0.15) is 0 Å². The van der Waals surface area contributed by atoms with E-state index in [4.69, 9.17) is 4.74 Å². The second kappa shape index (κ2) is 5.35. The Bertz CT molecular complexity index is 198. The summed E-state index contributed by atoms with van der Waals surface area (Å²) in [5.74, 6) is 0.164. The average Bonchev–Trinajstić information content (AvgIpc) is 1.95. The molecule has 0 aromatic rings. The van der Waals surface area contributed by atoms with E-state index in [-0.39, 0.29) is 12.0 Å². The number of hydrogen-bond acceptors (Lipinski definition) is 3. The van der Waals surface area contributed by atoms with Gasteiger partial charge in [-0.3, -0.25) is 0 Å². The summed E-state index contributed by atoms with van der Waals surface area (Å²) in [5, 5.41) is 12.1. The molecule has 0 aromatic heterocycles. The average molecular weight is 217 g/mol. The molecule has 0 unspecified atom stereocenters. The minimum Gasteiger partial charge on any atom is -0.444 e. The summed E-state index contributed by atoms with van der Waals surface area (Å²) in [5.41, 5.74) is -0.510. The number of amides is 1. The fourth-order valence-electron chi connectivity index (χ4n) is 1.29. The molecule has 0 radical (unpaired) electrons. The molecule has 0 bridgehead atoms. The molecule has 0 aliphatic heterocycles. The molecular formula is C11H23NO3. The predicted molar refractivity (Wildman–Crippen MR) is 59.7 cm³/mol. The third-order valence-corrected chi connectivity index (χ3v) is 1.92. The highest BCUT2D eigenvalue weighted by atomic mass is 16.6. The zero-order chi connectivity index (χ0) is 12.2. The number of aliphatic hydroxyl groups is 1. The van der Waals surface area contributed by atoms with Crippen molar-refractivity contribution >= 4 is 6.09 Å². The quantitative estimate of drug-likeness (QED) is 0.759. The Morgan fingerprint density at radius 1 is 1.27 bits per heavy atom. The van der Waals surface area contributed by atoms with Crippen LogP contribution in [0, 0.1) is 5.92 Å². The largest absolute Gasteiger partial charge is 0.444 e. The van der Waals surface area contributed by atoms with Crippen LogP contribution in [-0.2, 0) is 4.74 Å². The van der Waals surface area contributed by atoms with Gasteiger partial charge in [0.15, 0.2) is 0 Å². The van der Waals surface area contributed by atoms with Crippen LogP contribution in [0.5, 0.6) is 0 Å². The zero-order valence-electron chi connectivity index (χ0n) is 10.5. The standard InChI is InChI=1S/C11H23NO3/c1-7(2)9(8(3)13)12-10(14)15-11(4,5)6/h7-9,13H,1-6H3,(H,12,14)/t8-,9-/m1/s1. The lowest BCUT2D eigenvalue weighted by atomic mass is 10.00. The topological polar surface area (TPSA) is 58.6 Å². The van der Waals surface area contributed by atoms with Crippen molar-refractivity contribution in [1.29, 1.82) is 0 Å². The van der Waals surface area contributed by atoms with E-state index in [1.807, 2.05) is 13.8 Å². The van der Waals surface area contributed by atoms with Gasteiger partial charge in [0, 0.05) is 0 Å². The van der Waals surface area contributed by atoms with Crippen molar-refractivity contribution in [3.63, 3.8) is 0 Å². The molecule has 15 heavy (non-hydrogen) atoms. The fraction of sp³-hybridized carbons (Fsp3) is 0.909. The number of carbonyl (C=O) groups excluding carboxylic acids is 1. The first kappa shape index (κ1) is 14.2. The maximum absolute atomic E-state index is 11.4. The Morgan fingerprint density at radius 3 is 2.00 bits per heavy atom. The number of ether oxygens (including phenoxy) is 1. The highest BCUT2D eigenvalue weighted by Crippen LogP contribution is 2.10. The summed E-state index contributed by atoms with van der Waals surface area (Å²) in [6.45, 7) is 10.9. The second-order valence-corrected chi connectivity index (χ2v) is 5.16. The summed E-state index contributed by atoms with van der Waals surface area (Å²) in [7, 11) is 0. The third-order valence-electron chi connectivity index (χ3n) is 1.92. The molecule has 4 heteroatoms. The maximum Gasteiger partial charge on any atom is 0.407 e. The van der Waals surface area contributed by atoms with Gasteiger partial charge in [-0.15, -0.1) is 0 Å². The van der Waals surface area contributed by atoms with Gasteiger partial charge in [-0.1, -0.05) is 13.8 Å². The molecule has 0 aliphatic rings. The van der Waals surface area contributed by atoms with Crippen molar-refractivity contribution in [3.8, 4) is 0 Å². The van der Waals surface area contributed by atoms with Crippen molar-refractivity contribution in [3.05, 3.63) is 0 Å². The first-order valence-corrected chi connectivity index (χ1v) is 5.31. The predicted octanol–water partition coefficient (Wildman–Crippen LogP) is 1.92. The van der Waals surface area contributed by atoms with Crippen LogP contribution in [0.1, 0.15) is 41.5 Å². The van der Waals surface area contributed by atoms with E-state index in [1.165, 1.54) is 0 Å². The number of alkyl carbamates (subject to hydrolysis) is 1. The fourth-order valence-corrected chi connectivity index (χ4v) is 1.29. The van der Waals surface area contributed by atoms with Gasteiger partial charge in [0.2, 0.25) is 0 Å². The van der Waals surface area contributed by atoms with Gasteiger partial charge < -0.3 is 15.2 Å². The smallest absolute Gasteiger partial charge is 0.407 e. The van der Waals surface area contributed by atoms with E-state index >= 15 is 0 Å². The molecule has 4 nitrogen and oxygen atoms in total. The van der Waals surface area contributed by atoms with E-state index < -0.39 is 17.8 Å². The summed E-state index contributed by atoms with van der Waals surface area (Å²) in [6.07, 6.45) is -1.07. The van der Waals surface area contributed by atoms with Gasteiger partial charge in [0.25, 0.3) is 0 Å². The van der Waals surface area contributed by atoms with Crippen molar-refractivity contribution in [1.82, 2.24) is 5.32 Å². The Balaban J connectivity index is 4.25. The molecule has 0 fully saturated rings. The molecule has 0 rings (SSSR count). The van der Waals surface area contributed by atoms with Crippen LogP contribution in [0.3, 0.4) is 0 Å². The van der Waals surface area contributed by atoms with E-state index in [0.29, 0.717) is 0 Å². The molecule has 0 heterocycles. The highest BCUT2D eigenvalue weighted by Gasteiger charge is 2.24. The summed E-state index contributed by atoms with van der Waals surface area (Å²) in [6, 6.07) is -0.278. The second-order valence-electron chi connectivity index (χ2n) is 5.16. The van der Waals surface area contributed by atoms with Gasteiger partial charge in [0.05, 0.1) is 12.1 Å². The summed E-state index contributed by atoms with van der Waals surface area (Å²) in [4.78, 5) is 11.4. The number of nitrogens with one attached hydrogen (secondary N) is 1. The van der Waals surface area contributed by atoms with Crippen molar-refractivity contribution in [2.24, 2.45) is 5.92 Å². The molecule has 0 aliphatic carbocycles. The minimum absolute atomic E-state index is 0.164. The third kappa shape index (κ3) is 6.33. The molecule has 0 spiro atoms. The van der Waals surface area contributed by atoms with Crippen molar-refractivity contribution in [2.45, 2.75) is 59.3 Å². The number of rotatable bonds is 3. The van der Waals surface area contributed by atoms with Crippen LogP contribution >= 0.6 is 0 Å². The van der Waals surface area contributed by atoms with Gasteiger partial charge in [-0.25, -0.2) is 4.79 Å². The number of hydrogen-bond donors (Lipinski definition) is 2. The minimum atomic E-state index is -0.586. The van der Waals surface area contributed by atoms with Crippen LogP contribution in [0.25, 0.3) is 0 Å². The van der Waals surface area contributed by atoms with E-state index in [2.05, 4.69) is 5.32 Å². The zero-order valence-corrected chi connectivity index (χ0v) is 10.5. The van der Waals surface area contributed by atoms with Crippen LogP contribution in [-0.4, -0.2) is 28.9 Å². The molecular weight excluding hydrogens is 194 g/mol. The normalized spacial score (nSPS) is 16.0. The molecule has 1 amide bonds. The number of carbonyl (C=O) groups is 1. The summed E-state index contributed by atoms with van der Waals surface area (Å²) < 4.78 is 5.11. The van der Waals surface area contributed by atoms with Crippen LogP contribution < -0.4 is 5.32 Å². The Morgan fingerprint density at radius 2 is 1.73 bits per heavy atom. The highest BCUT2D eigenvalue weighted by molar-refractivity contribution is 5.68. The van der Waals surface area contributed by atoms with Crippen molar-refractivity contribution < 1.29 is 14.6 Å². The summed E-state index contributed by atoms with van der Waals surface area (Å²) >= 11 is 0. The van der Waals surface area contributed by atoms with Gasteiger partial charge >= 0.3 is 6.09 Å². The molecule has 2 N–H and O–H groups in total. The first-order valence-electron chi connectivity index (χ1n) is 5.31. The van der Waals surface area contributed by atoms with Crippen LogP contribution in [0.2, 0.25) is 0 Å². The maximum atomic E-state index is 11.4. The van der Waals surface area contributed by atoms with Crippen molar-refractivity contribution in [2.75, 3.05) is 0 Å².